The lowest BCUT2D eigenvalue weighted by molar-refractivity contribution is -0.135. The summed E-state index contributed by atoms with van der Waals surface area (Å²) < 4.78 is 0. The van der Waals surface area contributed by atoms with Gasteiger partial charge in [-0.2, -0.15) is 9.78 Å². The number of carbonyl (C=O) groups is 1. The predicted molar refractivity (Wildman–Crippen MR) is 109 cm³/mol. The molecule has 1 fully saturated rings. The molecule has 1 aliphatic rings. The van der Waals surface area contributed by atoms with Gasteiger partial charge in [-0.15, -0.1) is 0 Å². The Morgan fingerprint density at radius 3 is 2.39 bits per heavy atom. The van der Waals surface area contributed by atoms with Gasteiger partial charge in [0.2, 0.25) is 12.2 Å². The zero-order valence-electron chi connectivity index (χ0n) is 16.1. The fourth-order valence-electron chi connectivity index (χ4n) is 3.68. The van der Waals surface area contributed by atoms with E-state index in [1.165, 1.54) is 16.3 Å². The van der Waals surface area contributed by atoms with Crippen molar-refractivity contribution in [1.82, 2.24) is 4.90 Å². The van der Waals surface area contributed by atoms with Crippen molar-refractivity contribution in [3.63, 3.8) is 0 Å². The second kappa shape index (κ2) is 8.55. The quantitative estimate of drug-likeness (QED) is 0.422. The van der Waals surface area contributed by atoms with E-state index in [1.54, 1.807) is 0 Å². The van der Waals surface area contributed by atoms with Crippen LogP contribution in [0, 0.1) is 5.92 Å². The third kappa shape index (κ3) is 4.77. The van der Waals surface area contributed by atoms with E-state index in [9.17, 15) is 4.79 Å². The van der Waals surface area contributed by atoms with E-state index in [0.717, 1.165) is 24.8 Å². The van der Waals surface area contributed by atoms with Gasteiger partial charge in [0.15, 0.2) is 0 Å². The molecule has 0 spiro atoms. The standard InChI is InChI=1S/C24H25NO3/c1-25(17-18-7-3-2-4-8-18)24(26)22(13-14-23-27-28-23)16-19-11-12-20-9-5-6-10-21(20)15-19/h2-12,15,22-23H,13-14,16-17H2,1H3. The van der Waals surface area contributed by atoms with Crippen LogP contribution in [-0.4, -0.2) is 24.1 Å². The van der Waals surface area contributed by atoms with Crippen LogP contribution in [0.3, 0.4) is 0 Å². The van der Waals surface area contributed by atoms with Gasteiger partial charge < -0.3 is 4.90 Å². The van der Waals surface area contributed by atoms with Crippen molar-refractivity contribution in [1.29, 1.82) is 0 Å². The summed E-state index contributed by atoms with van der Waals surface area (Å²) >= 11 is 0. The molecule has 1 heterocycles. The smallest absolute Gasteiger partial charge is 0.226 e. The van der Waals surface area contributed by atoms with Crippen LogP contribution in [0.2, 0.25) is 0 Å². The number of amides is 1. The van der Waals surface area contributed by atoms with Gasteiger partial charge in [-0.1, -0.05) is 72.8 Å². The van der Waals surface area contributed by atoms with E-state index in [0.29, 0.717) is 6.54 Å². The van der Waals surface area contributed by atoms with Crippen LogP contribution >= 0.6 is 0 Å². The number of rotatable bonds is 8. The Morgan fingerprint density at radius 1 is 0.929 bits per heavy atom. The fraction of sp³-hybridized carbons (Fsp3) is 0.292. The molecular formula is C24H25NO3. The lowest BCUT2D eigenvalue weighted by atomic mass is 9.92. The first kappa shape index (κ1) is 18.7. The Kier molecular flexibility index (Phi) is 5.70. The van der Waals surface area contributed by atoms with Crippen LogP contribution < -0.4 is 0 Å². The molecule has 1 amide bonds. The minimum atomic E-state index is -0.147. The summed E-state index contributed by atoms with van der Waals surface area (Å²) in [5, 5.41) is 2.42. The molecule has 1 aliphatic heterocycles. The minimum Gasteiger partial charge on any atom is -0.341 e. The summed E-state index contributed by atoms with van der Waals surface area (Å²) in [7, 11) is 1.88. The van der Waals surface area contributed by atoms with Gasteiger partial charge in [0.05, 0.1) is 0 Å². The van der Waals surface area contributed by atoms with Crippen molar-refractivity contribution < 1.29 is 14.6 Å². The summed E-state index contributed by atoms with van der Waals surface area (Å²) in [6, 6.07) is 24.9. The molecular weight excluding hydrogens is 350 g/mol. The predicted octanol–water partition coefficient (Wildman–Crippen LogP) is 4.73. The third-order valence-corrected chi connectivity index (χ3v) is 5.27. The zero-order chi connectivity index (χ0) is 19.3. The van der Waals surface area contributed by atoms with Crippen molar-refractivity contribution in [2.45, 2.75) is 32.1 Å². The van der Waals surface area contributed by atoms with Crippen molar-refractivity contribution in [3.8, 4) is 0 Å². The van der Waals surface area contributed by atoms with Crippen LogP contribution in [0.5, 0.6) is 0 Å². The molecule has 1 saturated heterocycles. The molecule has 1 atom stereocenters. The van der Waals surface area contributed by atoms with Crippen molar-refractivity contribution in [3.05, 3.63) is 83.9 Å². The highest BCUT2D eigenvalue weighted by atomic mass is 17.4. The SMILES string of the molecule is CN(Cc1ccccc1)C(=O)C(CCC1OO1)Cc1ccc2ccccc2c1. The zero-order valence-corrected chi connectivity index (χ0v) is 16.1. The van der Waals surface area contributed by atoms with Gasteiger partial charge >= 0.3 is 0 Å². The molecule has 3 aromatic rings. The largest absolute Gasteiger partial charge is 0.341 e. The first-order chi connectivity index (χ1) is 13.7. The molecule has 0 saturated carbocycles. The number of nitrogens with zero attached hydrogens (tertiary/aromatic N) is 1. The average Bonchev–Trinajstić information content (AvgIpc) is 3.55. The molecule has 144 valence electrons. The fourth-order valence-corrected chi connectivity index (χ4v) is 3.68. The van der Waals surface area contributed by atoms with Crippen LogP contribution in [-0.2, 0) is 27.5 Å². The first-order valence-electron chi connectivity index (χ1n) is 9.78. The number of fused-ring (bicyclic) bond motifs is 1. The molecule has 0 bridgehead atoms. The van der Waals surface area contributed by atoms with Crippen LogP contribution in [0.25, 0.3) is 10.8 Å². The molecule has 0 N–H and O–H groups in total. The van der Waals surface area contributed by atoms with Gasteiger partial charge in [-0.05, 0) is 34.7 Å². The summed E-state index contributed by atoms with van der Waals surface area (Å²) in [6.45, 7) is 0.615. The second-order valence-electron chi connectivity index (χ2n) is 7.46. The summed E-state index contributed by atoms with van der Waals surface area (Å²) in [5.74, 6) is 0.0698. The van der Waals surface area contributed by atoms with E-state index < -0.39 is 0 Å². The van der Waals surface area contributed by atoms with Gasteiger partial charge in [-0.3, -0.25) is 4.79 Å². The van der Waals surface area contributed by atoms with Gasteiger partial charge in [0, 0.05) is 25.9 Å². The summed E-state index contributed by atoms with van der Waals surface area (Å²) in [5.41, 5.74) is 2.32. The molecule has 28 heavy (non-hydrogen) atoms. The Morgan fingerprint density at radius 2 is 1.64 bits per heavy atom. The molecule has 4 nitrogen and oxygen atoms in total. The van der Waals surface area contributed by atoms with Crippen molar-refractivity contribution in [2.24, 2.45) is 5.92 Å². The van der Waals surface area contributed by atoms with Crippen LogP contribution in [0.15, 0.2) is 72.8 Å². The molecule has 1 unspecified atom stereocenters. The minimum absolute atomic E-state index is 0.0947. The first-order valence-corrected chi connectivity index (χ1v) is 9.78. The van der Waals surface area contributed by atoms with Gasteiger partial charge in [-0.25, -0.2) is 0 Å². The highest BCUT2D eigenvalue weighted by Gasteiger charge is 2.30. The molecule has 4 heteroatoms. The van der Waals surface area contributed by atoms with Gasteiger partial charge in [0.1, 0.15) is 0 Å². The Bertz CT molecular complexity index is 937. The Labute approximate surface area is 165 Å². The molecule has 4 rings (SSSR count). The molecule has 0 aliphatic carbocycles. The normalized spacial score (nSPS) is 14.8. The Hall–Kier alpha value is -2.69. The summed E-state index contributed by atoms with van der Waals surface area (Å²) in [4.78, 5) is 24.8. The maximum Gasteiger partial charge on any atom is 0.226 e. The Balaban J connectivity index is 1.48. The lowest BCUT2D eigenvalue weighted by Crippen LogP contribution is -2.33. The van der Waals surface area contributed by atoms with Crippen molar-refractivity contribution in [2.75, 3.05) is 7.05 Å². The number of carbonyl (C=O) groups excluding carboxylic acids is 1. The highest BCUT2D eigenvalue weighted by Crippen LogP contribution is 2.26. The van der Waals surface area contributed by atoms with Crippen LogP contribution in [0.4, 0.5) is 0 Å². The van der Waals surface area contributed by atoms with E-state index in [1.807, 2.05) is 54.4 Å². The van der Waals surface area contributed by atoms with E-state index in [2.05, 4.69) is 30.3 Å². The molecule has 0 radical (unpaired) electrons. The molecule has 3 aromatic carbocycles. The van der Waals surface area contributed by atoms with Gasteiger partial charge in [0.25, 0.3) is 0 Å². The lowest BCUT2D eigenvalue weighted by Gasteiger charge is -2.24. The van der Waals surface area contributed by atoms with E-state index >= 15 is 0 Å². The second-order valence-corrected chi connectivity index (χ2v) is 7.46. The maximum absolute atomic E-state index is 13.2. The van der Waals surface area contributed by atoms with Crippen molar-refractivity contribution >= 4 is 16.7 Å². The van der Waals surface area contributed by atoms with E-state index in [-0.39, 0.29) is 18.1 Å². The highest BCUT2D eigenvalue weighted by molar-refractivity contribution is 5.83. The topological polar surface area (TPSA) is 45.4 Å². The number of hydrogen-bond donors (Lipinski definition) is 0. The maximum atomic E-state index is 13.2. The average molecular weight is 375 g/mol. The van der Waals surface area contributed by atoms with E-state index in [4.69, 9.17) is 9.78 Å². The van der Waals surface area contributed by atoms with Crippen LogP contribution in [0.1, 0.15) is 24.0 Å². The number of hydrogen-bond acceptors (Lipinski definition) is 3. The molecule has 0 aromatic heterocycles. The summed E-state index contributed by atoms with van der Waals surface area (Å²) in [6.07, 6.45) is 2.06. The third-order valence-electron chi connectivity index (χ3n) is 5.27. The number of benzene rings is 3. The monoisotopic (exact) mass is 375 g/mol.